The van der Waals surface area contributed by atoms with Gasteiger partial charge < -0.3 is 20.2 Å². The molecule has 0 aliphatic heterocycles. The molecule has 0 saturated carbocycles. The van der Waals surface area contributed by atoms with E-state index in [1.54, 1.807) is 0 Å². The quantitative estimate of drug-likeness (QED) is 0.601. The minimum atomic E-state index is -1.01. The van der Waals surface area contributed by atoms with Gasteiger partial charge in [-0.25, -0.2) is 4.79 Å². The number of aromatic carboxylic acids is 1. The lowest BCUT2D eigenvalue weighted by Gasteiger charge is -2.04. The summed E-state index contributed by atoms with van der Waals surface area (Å²) in [7, 11) is 0. The molecule has 0 spiro atoms. The maximum atomic E-state index is 11.3. The minimum Gasteiger partial charge on any atom is -0.478 e. The summed E-state index contributed by atoms with van der Waals surface area (Å²) in [6.45, 7) is 3.45. The Morgan fingerprint density at radius 1 is 1.39 bits per heavy atom. The van der Waals surface area contributed by atoms with Gasteiger partial charge in [0.1, 0.15) is 11.3 Å². The van der Waals surface area contributed by atoms with E-state index < -0.39 is 5.97 Å². The number of carbonyl (C=O) groups is 2. The average Bonchev–Trinajstić information content (AvgIpc) is 2.80. The second kappa shape index (κ2) is 7.50. The highest BCUT2D eigenvalue weighted by Gasteiger charge is 2.12. The first-order chi connectivity index (χ1) is 8.65. The van der Waals surface area contributed by atoms with Crippen molar-refractivity contribution in [1.29, 1.82) is 0 Å². The highest BCUT2D eigenvalue weighted by molar-refractivity contribution is 5.88. The van der Waals surface area contributed by atoms with Gasteiger partial charge in [0.25, 0.3) is 0 Å². The highest BCUT2D eigenvalue weighted by atomic mass is 16.4. The van der Waals surface area contributed by atoms with Gasteiger partial charge in [0.15, 0.2) is 0 Å². The van der Waals surface area contributed by atoms with Crippen molar-refractivity contribution in [2.45, 2.75) is 26.3 Å². The van der Waals surface area contributed by atoms with Crippen molar-refractivity contribution >= 4 is 11.9 Å². The van der Waals surface area contributed by atoms with E-state index in [4.69, 9.17) is 9.52 Å². The Morgan fingerprint density at radius 3 is 2.83 bits per heavy atom. The van der Waals surface area contributed by atoms with E-state index in [9.17, 15) is 9.59 Å². The molecule has 0 aliphatic rings. The molecule has 0 saturated heterocycles. The van der Waals surface area contributed by atoms with Crippen LogP contribution in [0.3, 0.4) is 0 Å². The van der Waals surface area contributed by atoms with Crippen molar-refractivity contribution in [3.8, 4) is 0 Å². The van der Waals surface area contributed by atoms with Crippen LogP contribution >= 0.6 is 0 Å². The fourth-order valence-electron chi connectivity index (χ4n) is 1.42. The van der Waals surface area contributed by atoms with Crippen molar-refractivity contribution < 1.29 is 19.1 Å². The summed E-state index contributed by atoms with van der Waals surface area (Å²) >= 11 is 0. The van der Waals surface area contributed by atoms with Gasteiger partial charge >= 0.3 is 5.97 Å². The maximum absolute atomic E-state index is 11.3. The Morgan fingerprint density at radius 2 is 2.17 bits per heavy atom. The normalized spacial score (nSPS) is 10.3. The largest absolute Gasteiger partial charge is 0.478 e. The van der Waals surface area contributed by atoms with Gasteiger partial charge in [-0.15, -0.1) is 0 Å². The molecule has 0 atom stereocenters. The van der Waals surface area contributed by atoms with Crippen molar-refractivity contribution in [3.63, 3.8) is 0 Å². The second-order valence-corrected chi connectivity index (χ2v) is 3.84. The number of hydrogen-bond acceptors (Lipinski definition) is 4. The first-order valence-electron chi connectivity index (χ1n) is 5.92. The number of carboxylic acids is 1. The summed E-state index contributed by atoms with van der Waals surface area (Å²) < 4.78 is 5.05. The van der Waals surface area contributed by atoms with Gasteiger partial charge in [-0.2, -0.15) is 0 Å². The molecule has 1 rings (SSSR count). The number of nitrogens with one attached hydrogen (secondary N) is 2. The Balaban J connectivity index is 2.23. The molecule has 0 fully saturated rings. The second-order valence-electron chi connectivity index (χ2n) is 3.84. The van der Waals surface area contributed by atoms with E-state index in [1.807, 2.05) is 6.92 Å². The Kier molecular flexibility index (Phi) is 5.93. The summed E-state index contributed by atoms with van der Waals surface area (Å²) in [6.07, 6.45) is 2.62. The number of furan rings is 1. The number of amides is 1. The topological polar surface area (TPSA) is 91.6 Å². The van der Waals surface area contributed by atoms with Crippen molar-refractivity contribution in [2.75, 3.05) is 13.1 Å². The van der Waals surface area contributed by atoms with E-state index in [-0.39, 0.29) is 11.5 Å². The zero-order valence-corrected chi connectivity index (χ0v) is 10.4. The monoisotopic (exact) mass is 254 g/mol. The predicted octanol–water partition coefficient (Wildman–Crippen LogP) is 0.984. The van der Waals surface area contributed by atoms with Crippen LogP contribution in [0.25, 0.3) is 0 Å². The van der Waals surface area contributed by atoms with E-state index in [0.29, 0.717) is 31.8 Å². The predicted molar refractivity (Wildman–Crippen MR) is 65.3 cm³/mol. The molecule has 1 amide bonds. The van der Waals surface area contributed by atoms with E-state index in [2.05, 4.69) is 10.6 Å². The third kappa shape index (κ3) is 4.58. The van der Waals surface area contributed by atoms with Crippen LogP contribution in [0.15, 0.2) is 16.7 Å². The molecule has 1 aromatic heterocycles. The van der Waals surface area contributed by atoms with Gasteiger partial charge in [-0.05, 0) is 12.5 Å². The number of rotatable bonds is 8. The molecule has 1 aromatic rings. The van der Waals surface area contributed by atoms with E-state index >= 15 is 0 Å². The molecule has 1 heterocycles. The summed E-state index contributed by atoms with van der Waals surface area (Å²) in [5.41, 5.74) is 0.151. The summed E-state index contributed by atoms with van der Waals surface area (Å²) in [5, 5.41) is 14.6. The third-order valence-corrected chi connectivity index (χ3v) is 2.36. The standard InChI is InChI=1S/C12H18N2O4/c1-2-5-14-11(15)3-6-13-8-10-9(12(16)17)4-7-18-10/h4,7,13H,2-3,5-6,8H2,1H3,(H,14,15)(H,16,17). The maximum Gasteiger partial charge on any atom is 0.339 e. The van der Waals surface area contributed by atoms with Gasteiger partial charge in [0.2, 0.25) is 5.91 Å². The van der Waals surface area contributed by atoms with Crippen LogP contribution in [0.5, 0.6) is 0 Å². The van der Waals surface area contributed by atoms with Crippen LogP contribution in [0.1, 0.15) is 35.9 Å². The summed E-state index contributed by atoms with van der Waals surface area (Å²) in [4.78, 5) is 22.1. The lowest BCUT2D eigenvalue weighted by molar-refractivity contribution is -0.121. The lowest BCUT2D eigenvalue weighted by atomic mass is 10.2. The number of carboxylic acid groups (broad SMARTS) is 1. The molecule has 0 bridgehead atoms. The number of hydrogen-bond donors (Lipinski definition) is 3. The van der Waals surface area contributed by atoms with Crippen LogP contribution in [-0.2, 0) is 11.3 Å². The third-order valence-electron chi connectivity index (χ3n) is 2.36. The molecule has 3 N–H and O–H groups in total. The van der Waals surface area contributed by atoms with Crippen molar-refractivity contribution in [3.05, 3.63) is 23.7 Å². The average molecular weight is 254 g/mol. The summed E-state index contributed by atoms with van der Waals surface area (Å²) in [5.74, 6) is -0.653. The molecule has 0 aliphatic carbocycles. The summed E-state index contributed by atoms with van der Waals surface area (Å²) in [6, 6.07) is 1.41. The zero-order valence-electron chi connectivity index (χ0n) is 10.4. The zero-order chi connectivity index (χ0) is 13.4. The molecule has 18 heavy (non-hydrogen) atoms. The van der Waals surface area contributed by atoms with Gasteiger partial charge in [-0.1, -0.05) is 6.92 Å². The van der Waals surface area contributed by atoms with Crippen LogP contribution in [-0.4, -0.2) is 30.1 Å². The first-order valence-corrected chi connectivity index (χ1v) is 5.92. The van der Waals surface area contributed by atoms with Gasteiger partial charge in [-0.3, -0.25) is 4.79 Å². The van der Waals surface area contributed by atoms with Crippen LogP contribution in [0.4, 0.5) is 0 Å². The Bertz CT molecular complexity index is 401. The molecular formula is C12H18N2O4. The van der Waals surface area contributed by atoms with Crippen molar-refractivity contribution in [2.24, 2.45) is 0 Å². The SMILES string of the molecule is CCCNC(=O)CCNCc1occc1C(=O)O. The Hall–Kier alpha value is -1.82. The number of carbonyl (C=O) groups excluding carboxylic acids is 1. The molecular weight excluding hydrogens is 236 g/mol. The molecule has 6 nitrogen and oxygen atoms in total. The van der Waals surface area contributed by atoms with Crippen LogP contribution in [0.2, 0.25) is 0 Å². The van der Waals surface area contributed by atoms with Gasteiger partial charge in [0.05, 0.1) is 12.8 Å². The molecule has 100 valence electrons. The molecule has 6 heteroatoms. The van der Waals surface area contributed by atoms with E-state index in [1.165, 1.54) is 12.3 Å². The first kappa shape index (κ1) is 14.2. The fraction of sp³-hybridized carbons (Fsp3) is 0.500. The molecule has 0 radical (unpaired) electrons. The molecule has 0 aromatic carbocycles. The Labute approximate surface area is 105 Å². The van der Waals surface area contributed by atoms with E-state index in [0.717, 1.165) is 6.42 Å². The smallest absolute Gasteiger partial charge is 0.339 e. The lowest BCUT2D eigenvalue weighted by Crippen LogP contribution is -2.28. The molecule has 0 unspecified atom stereocenters. The fourth-order valence-corrected chi connectivity index (χ4v) is 1.42. The highest BCUT2D eigenvalue weighted by Crippen LogP contribution is 2.09. The van der Waals surface area contributed by atoms with Gasteiger partial charge in [0, 0.05) is 19.5 Å². The van der Waals surface area contributed by atoms with Crippen molar-refractivity contribution in [1.82, 2.24) is 10.6 Å². The minimum absolute atomic E-state index is 0.0118. The van der Waals surface area contributed by atoms with Crippen LogP contribution < -0.4 is 10.6 Å². The van der Waals surface area contributed by atoms with Crippen LogP contribution in [0, 0.1) is 0 Å².